The number of nitrogens with two attached hydrogens (primary N) is 1. The largest absolute Gasteiger partial charge is 0.381 e. The molecule has 1 atom stereocenters. The highest BCUT2D eigenvalue weighted by Gasteiger charge is 2.24. The number of para-hydroxylation sites is 1. The Kier molecular flexibility index (Phi) is 5.97. The second kappa shape index (κ2) is 9.13. The molecule has 182 valence electrons. The second-order valence-corrected chi connectivity index (χ2v) is 9.39. The van der Waals surface area contributed by atoms with Crippen molar-refractivity contribution < 1.29 is 4.79 Å². The maximum Gasteiger partial charge on any atom is 0.264 e. The SMILES string of the molecule is CC(C)c1ccn2nc(N)c(C(=O)NC(C)c3cc4cccc(Cl)c4c(=O)n3-c3ccccc3)c2n1. The zero-order valence-electron chi connectivity index (χ0n) is 20.1. The Balaban J connectivity index is 1.62. The first-order valence-electron chi connectivity index (χ1n) is 11.6. The average Bonchev–Trinajstić information content (AvgIpc) is 3.19. The smallest absolute Gasteiger partial charge is 0.264 e. The molecular weight excluding hydrogens is 476 g/mol. The number of anilines is 1. The van der Waals surface area contributed by atoms with Crippen LogP contribution in [0, 0.1) is 0 Å². The molecule has 0 aliphatic heterocycles. The molecule has 5 aromatic rings. The number of benzene rings is 2. The summed E-state index contributed by atoms with van der Waals surface area (Å²) < 4.78 is 3.08. The van der Waals surface area contributed by atoms with Crippen LogP contribution >= 0.6 is 11.6 Å². The van der Waals surface area contributed by atoms with Gasteiger partial charge in [0.2, 0.25) is 0 Å². The zero-order chi connectivity index (χ0) is 25.6. The number of aromatic nitrogens is 4. The average molecular weight is 501 g/mol. The minimum absolute atomic E-state index is 0.0823. The number of nitrogens with zero attached hydrogens (tertiary/aromatic N) is 4. The molecule has 1 amide bonds. The van der Waals surface area contributed by atoms with E-state index in [4.69, 9.17) is 17.3 Å². The minimum atomic E-state index is -0.559. The predicted octanol–water partition coefficient (Wildman–Crippen LogP) is 4.88. The van der Waals surface area contributed by atoms with Gasteiger partial charge < -0.3 is 11.1 Å². The van der Waals surface area contributed by atoms with Crippen molar-refractivity contribution in [2.45, 2.75) is 32.7 Å². The van der Waals surface area contributed by atoms with Crippen molar-refractivity contribution in [2.75, 3.05) is 5.73 Å². The monoisotopic (exact) mass is 500 g/mol. The fourth-order valence-corrected chi connectivity index (χ4v) is 4.61. The van der Waals surface area contributed by atoms with E-state index in [0.29, 0.717) is 32.8 Å². The van der Waals surface area contributed by atoms with E-state index in [9.17, 15) is 9.59 Å². The van der Waals surface area contributed by atoms with Gasteiger partial charge in [0.05, 0.1) is 16.5 Å². The molecule has 0 aliphatic carbocycles. The summed E-state index contributed by atoms with van der Waals surface area (Å²) in [7, 11) is 0. The van der Waals surface area contributed by atoms with Gasteiger partial charge in [-0.3, -0.25) is 14.2 Å². The van der Waals surface area contributed by atoms with Crippen LogP contribution in [0.2, 0.25) is 5.02 Å². The number of pyridine rings is 1. The molecule has 8 nitrogen and oxygen atoms in total. The van der Waals surface area contributed by atoms with Crippen LogP contribution in [-0.4, -0.2) is 25.1 Å². The molecule has 0 radical (unpaired) electrons. The normalized spacial score (nSPS) is 12.4. The fraction of sp³-hybridized carbons (Fsp3) is 0.185. The van der Waals surface area contributed by atoms with Crippen LogP contribution in [-0.2, 0) is 0 Å². The van der Waals surface area contributed by atoms with Crippen molar-refractivity contribution in [3.05, 3.63) is 99.2 Å². The first-order chi connectivity index (χ1) is 17.3. The lowest BCUT2D eigenvalue weighted by molar-refractivity contribution is 0.0941. The van der Waals surface area contributed by atoms with Gasteiger partial charge >= 0.3 is 0 Å². The number of hydrogen-bond donors (Lipinski definition) is 2. The number of nitrogen functional groups attached to an aromatic ring is 1. The molecule has 0 saturated heterocycles. The Hall–Kier alpha value is -4.17. The standard InChI is InChI=1S/C27H25ClN6O2/c1-15(2)20-12-13-33-25(31-20)23(24(29)32-33)26(35)30-16(3)21-14-17-8-7-11-19(28)22(17)27(36)34(21)18-9-5-4-6-10-18/h4-16H,1-3H3,(H2,29,32)(H,30,35). The maximum absolute atomic E-state index is 13.6. The van der Waals surface area contributed by atoms with E-state index >= 15 is 0 Å². The third kappa shape index (κ3) is 3.99. The molecule has 36 heavy (non-hydrogen) atoms. The van der Waals surface area contributed by atoms with Crippen molar-refractivity contribution in [3.8, 4) is 5.69 Å². The summed E-state index contributed by atoms with van der Waals surface area (Å²) in [4.78, 5) is 31.7. The Morgan fingerprint density at radius 3 is 2.53 bits per heavy atom. The van der Waals surface area contributed by atoms with Crippen LogP contribution in [0.15, 0.2) is 71.7 Å². The summed E-state index contributed by atoms with van der Waals surface area (Å²) in [6.45, 7) is 5.86. The molecule has 3 aromatic heterocycles. The lowest BCUT2D eigenvalue weighted by atomic mass is 10.1. The van der Waals surface area contributed by atoms with Gasteiger partial charge in [-0.25, -0.2) is 9.50 Å². The summed E-state index contributed by atoms with van der Waals surface area (Å²) in [5, 5.41) is 8.72. The molecule has 3 heterocycles. The maximum atomic E-state index is 13.6. The highest BCUT2D eigenvalue weighted by atomic mass is 35.5. The first-order valence-corrected chi connectivity index (χ1v) is 12.0. The van der Waals surface area contributed by atoms with E-state index in [2.05, 4.69) is 15.4 Å². The molecule has 0 saturated carbocycles. The van der Waals surface area contributed by atoms with Gasteiger partial charge in [-0.1, -0.05) is 55.8 Å². The number of halogens is 1. The Morgan fingerprint density at radius 1 is 1.06 bits per heavy atom. The van der Waals surface area contributed by atoms with Crippen LogP contribution in [0.4, 0.5) is 5.82 Å². The molecule has 0 bridgehead atoms. The predicted molar refractivity (Wildman–Crippen MR) is 142 cm³/mol. The van der Waals surface area contributed by atoms with Gasteiger partial charge in [0.15, 0.2) is 11.5 Å². The Labute approximate surface area is 212 Å². The molecule has 9 heteroatoms. The number of fused-ring (bicyclic) bond motifs is 2. The highest BCUT2D eigenvalue weighted by molar-refractivity contribution is 6.35. The van der Waals surface area contributed by atoms with E-state index in [1.165, 1.54) is 4.52 Å². The van der Waals surface area contributed by atoms with Crippen LogP contribution in [0.25, 0.3) is 22.1 Å². The van der Waals surface area contributed by atoms with Crippen LogP contribution in [0.1, 0.15) is 54.5 Å². The molecule has 0 fully saturated rings. The Morgan fingerprint density at radius 2 is 1.81 bits per heavy atom. The topological polar surface area (TPSA) is 107 Å². The van der Waals surface area contributed by atoms with E-state index in [-0.39, 0.29) is 22.9 Å². The minimum Gasteiger partial charge on any atom is -0.381 e. The van der Waals surface area contributed by atoms with Crippen LogP contribution < -0.4 is 16.6 Å². The van der Waals surface area contributed by atoms with Gasteiger partial charge in [0, 0.05) is 23.3 Å². The van der Waals surface area contributed by atoms with Gasteiger partial charge in [0.1, 0.15) is 5.56 Å². The first kappa shape index (κ1) is 23.6. The molecule has 1 unspecified atom stereocenters. The van der Waals surface area contributed by atoms with Gasteiger partial charge in [-0.05, 0) is 48.6 Å². The van der Waals surface area contributed by atoms with Crippen molar-refractivity contribution in [1.82, 2.24) is 24.5 Å². The summed E-state index contributed by atoms with van der Waals surface area (Å²) in [6.07, 6.45) is 1.74. The zero-order valence-corrected chi connectivity index (χ0v) is 20.8. The number of nitrogens with one attached hydrogen (secondary N) is 1. The molecule has 2 aromatic carbocycles. The van der Waals surface area contributed by atoms with Crippen molar-refractivity contribution in [2.24, 2.45) is 0 Å². The van der Waals surface area contributed by atoms with E-state index < -0.39 is 11.9 Å². The van der Waals surface area contributed by atoms with Crippen molar-refractivity contribution in [1.29, 1.82) is 0 Å². The van der Waals surface area contributed by atoms with E-state index in [1.807, 2.05) is 69.3 Å². The summed E-state index contributed by atoms with van der Waals surface area (Å²) in [6, 6.07) is 17.7. The third-order valence-corrected chi connectivity index (χ3v) is 6.50. The number of carbonyl (C=O) groups excluding carboxylic acids is 1. The molecule has 3 N–H and O–H groups in total. The van der Waals surface area contributed by atoms with Crippen LogP contribution in [0.5, 0.6) is 0 Å². The van der Waals surface area contributed by atoms with E-state index in [0.717, 1.165) is 5.69 Å². The number of hydrogen-bond acceptors (Lipinski definition) is 5. The fourth-order valence-electron chi connectivity index (χ4n) is 4.34. The number of carbonyl (C=O) groups is 1. The number of rotatable bonds is 5. The lowest BCUT2D eigenvalue weighted by Crippen LogP contribution is -2.32. The molecular formula is C27H25ClN6O2. The lowest BCUT2D eigenvalue weighted by Gasteiger charge is -2.21. The van der Waals surface area contributed by atoms with Crippen molar-refractivity contribution >= 4 is 39.7 Å². The van der Waals surface area contributed by atoms with Gasteiger partial charge in [-0.2, -0.15) is 0 Å². The highest BCUT2D eigenvalue weighted by Crippen LogP contribution is 2.26. The van der Waals surface area contributed by atoms with Crippen LogP contribution in [0.3, 0.4) is 0 Å². The third-order valence-electron chi connectivity index (χ3n) is 6.18. The molecule has 0 aliphatic rings. The Bertz CT molecular complexity index is 1670. The quantitative estimate of drug-likeness (QED) is 0.357. The van der Waals surface area contributed by atoms with E-state index in [1.54, 1.807) is 22.9 Å². The van der Waals surface area contributed by atoms with Gasteiger partial charge in [-0.15, -0.1) is 5.10 Å². The van der Waals surface area contributed by atoms with Crippen molar-refractivity contribution in [3.63, 3.8) is 0 Å². The summed E-state index contributed by atoms with van der Waals surface area (Å²) >= 11 is 6.40. The number of amides is 1. The second-order valence-electron chi connectivity index (χ2n) is 8.98. The summed E-state index contributed by atoms with van der Waals surface area (Å²) in [5.74, 6) is -0.175. The molecule has 0 spiro atoms. The summed E-state index contributed by atoms with van der Waals surface area (Å²) in [5.41, 5.74) is 8.53. The molecule has 5 rings (SSSR count). The van der Waals surface area contributed by atoms with Gasteiger partial charge in [0.25, 0.3) is 11.5 Å².